The van der Waals surface area contributed by atoms with Gasteiger partial charge in [-0.05, 0) is 42.7 Å². The summed E-state index contributed by atoms with van der Waals surface area (Å²) in [5.41, 5.74) is 2.26. The van der Waals surface area contributed by atoms with Crippen LogP contribution in [0.4, 0.5) is 0 Å². The number of aromatic nitrogens is 1. The van der Waals surface area contributed by atoms with Crippen LogP contribution in [0.25, 0.3) is 11.3 Å². The molecule has 7 heteroatoms. The Hall–Kier alpha value is -3.06. The predicted molar refractivity (Wildman–Crippen MR) is 113 cm³/mol. The van der Waals surface area contributed by atoms with E-state index in [9.17, 15) is 4.79 Å². The number of benzene rings is 2. The molecule has 0 amide bonds. The van der Waals surface area contributed by atoms with E-state index in [-0.39, 0.29) is 12.6 Å². The van der Waals surface area contributed by atoms with E-state index < -0.39 is 5.41 Å². The third-order valence-corrected chi connectivity index (χ3v) is 6.61. The third-order valence-electron chi connectivity index (χ3n) is 5.76. The highest BCUT2D eigenvalue weighted by Gasteiger charge is 2.51. The Morgan fingerprint density at radius 1 is 1.10 bits per heavy atom. The molecule has 1 aliphatic carbocycles. The first-order valence-electron chi connectivity index (χ1n) is 9.73. The maximum Gasteiger partial charge on any atom is 0.231 e. The molecule has 0 bridgehead atoms. The largest absolute Gasteiger partial charge is 0.497 e. The summed E-state index contributed by atoms with van der Waals surface area (Å²) >= 11 is 1.50. The van der Waals surface area contributed by atoms with Crippen molar-refractivity contribution in [2.45, 2.75) is 24.7 Å². The molecule has 0 atom stereocenters. The lowest BCUT2D eigenvalue weighted by molar-refractivity contribution is -0.120. The molecule has 154 valence electrons. The summed E-state index contributed by atoms with van der Waals surface area (Å²) < 4.78 is 21.6. The van der Waals surface area contributed by atoms with Crippen molar-refractivity contribution in [2.75, 3.05) is 21.0 Å². The van der Waals surface area contributed by atoms with Gasteiger partial charge in [0, 0.05) is 17.0 Å². The molecule has 30 heavy (non-hydrogen) atoms. The van der Waals surface area contributed by atoms with E-state index in [1.54, 1.807) is 14.2 Å². The number of ketones is 1. The fourth-order valence-electron chi connectivity index (χ4n) is 3.88. The van der Waals surface area contributed by atoms with Gasteiger partial charge in [-0.2, -0.15) is 0 Å². The van der Waals surface area contributed by atoms with E-state index in [1.807, 2.05) is 41.8 Å². The Kier molecular flexibility index (Phi) is 4.62. The van der Waals surface area contributed by atoms with Gasteiger partial charge in [0.15, 0.2) is 11.5 Å². The lowest BCUT2D eigenvalue weighted by Gasteiger charge is -2.14. The van der Waals surface area contributed by atoms with E-state index >= 15 is 0 Å². The molecule has 5 rings (SSSR count). The Bertz CT molecular complexity index is 1120. The molecule has 0 saturated heterocycles. The molecule has 1 aliphatic heterocycles. The molecule has 0 N–H and O–H groups in total. The van der Waals surface area contributed by atoms with E-state index in [0.717, 1.165) is 51.9 Å². The summed E-state index contributed by atoms with van der Waals surface area (Å²) in [7, 11) is 3.24. The number of carbonyl (C=O) groups is 1. The zero-order valence-corrected chi connectivity index (χ0v) is 17.6. The van der Waals surface area contributed by atoms with Gasteiger partial charge in [0.2, 0.25) is 6.79 Å². The molecule has 0 spiro atoms. The zero-order valence-electron chi connectivity index (χ0n) is 16.8. The summed E-state index contributed by atoms with van der Waals surface area (Å²) in [5.74, 6) is 3.07. The molecule has 1 fully saturated rings. The first kappa shape index (κ1) is 18.9. The molecule has 0 unspecified atom stereocenters. The average Bonchev–Trinajstić information content (AvgIpc) is 3.24. The van der Waals surface area contributed by atoms with Gasteiger partial charge in [0.25, 0.3) is 0 Å². The highest BCUT2D eigenvalue weighted by Crippen LogP contribution is 2.51. The third kappa shape index (κ3) is 3.19. The van der Waals surface area contributed by atoms with Crippen LogP contribution in [0.15, 0.2) is 41.8 Å². The molecule has 1 saturated carbocycles. The van der Waals surface area contributed by atoms with Gasteiger partial charge in [-0.3, -0.25) is 4.79 Å². The van der Waals surface area contributed by atoms with Crippen molar-refractivity contribution in [2.24, 2.45) is 0 Å². The monoisotopic (exact) mass is 423 g/mol. The second-order valence-corrected chi connectivity index (χ2v) is 8.39. The molecule has 2 heterocycles. The van der Waals surface area contributed by atoms with Crippen molar-refractivity contribution in [3.63, 3.8) is 0 Å². The second-order valence-electron chi connectivity index (χ2n) is 7.44. The number of hydrogen-bond acceptors (Lipinski definition) is 7. The van der Waals surface area contributed by atoms with Gasteiger partial charge in [-0.25, -0.2) is 4.98 Å². The van der Waals surface area contributed by atoms with Gasteiger partial charge in [0.05, 0.1) is 31.7 Å². The SMILES string of the molecule is COc1ccc(-c2csc(CC(=O)C3(c4ccc5c(c4)OCO5)CC3)n2)c(OC)c1. The second kappa shape index (κ2) is 7.32. The van der Waals surface area contributed by atoms with E-state index in [2.05, 4.69) is 0 Å². The van der Waals surface area contributed by atoms with Crippen molar-refractivity contribution in [3.8, 4) is 34.3 Å². The van der Waals surface area contributed by atoms with Crippen LogP contribution in [0.3, 0.4) is 0 Å². The number of ether oxygens (including phenoxy) is 4. The van der Waals surface area contributed by atoms with Crippen molar-refractivity contribution in [3.05, 3.63) is 52.3 Å². The lowest BCUT2D eigenvalue weighted by Crippen LogP contribution is -2.22. The number of nitrogens with zero attached hydrogens (tertiary/aromatic N) is 1. The van der Waals surface area contributed by atoms with Gasteiger partial charge in [-0.1, -0.05) is 6.07 Å². The van der Waals surface area contributed by atoms with Crippen LogP contribution >= 0.6 is 11.3 Å². The molecule has 1 aromatic heterocycles. The first-order chi connectivity index (χ1) is 14.6. The Balaban J connectivity index is 1.36. The van der Waals surface area contributed by atoms with Crippen LogP contribution in [0.2, 0.25) is 0 Å². The van der Waals surface area contributed by atoms with Crippen LogP contribution in [0.1, 0.15) is 23.4 Å². The maximum atomic E-state index is 13.2. The van der Waals surface area contributed by atoms with Crippen molar-refractivity contribution in [1.29, 1.82) is 0 Å². The fraction of sp³-hybridized carbons (Fsp3) is 0.304. The summed E-state index contributed by atoms with van der Waals surface area (Å²) in [4.78, 5) is 17.9. The predicted octanol–water partition coefficient (Wildman–Crippen LogP) is 4.40. The normalized spacial score (nSPS) is 15.7. The number of methoxy groups -OCH3 is 2. The maximum absolute atomic E-state index is 13.2. The smallest absolute Gasteiger partial charge is 0.231 e. The van der Waals surface area contributed by atoms with Crippen molar-refractivity contribution < 1.29 is 23.7 Å². The minimum absolute atomic E-state index is 0.198. The van der Waals surface area contributed by atoms with Crippen molar-refractivity contribution in [1.82, 2.24) is 4.98 Å². The van der Waals surface area contributed by atoms with Crippen molar-refractivity contribution >= 4 is 17.1 Å². The molecular weight excluding hydrogens is 402 g/mol. The fourth-order valence-corrected chi connectivity index (χ4v) is 4.67. The van der Waals surface area contributed by atoms with Gasteiger partial charge in [-0.15, -0.1) is 11.3 Å². The number of rotatable bonds is 7. The van der Waals surface area contributed by atoms with Gasteiger partial charge >= 0.3 is 0 Å². The minimum atomic E-state index is -0.426. The van der Waals surface area contributed by atoms with Crippen LogP contribution in [0, 0.1) is 0 Å². The Morgan fingerprint density at radius 2 is 1.93 bits per heavy atom. The van der Waals surface area contributed by atoms with E-state index in [4.69, 9.17) is 23.9 Å². The number of hydrogen-bond donors (Lipinski definition) is 0. The number of carbonyl (C=O) groups excluding carboxylic acids is 1. The lowest BCUT2D eigenvalue weighted by atomic mass is 9.89. The van der Waals surface area contributed by atoms with E-state index in [1.165, 1.54) is 11.3 Å². The van der Waals surface area contributed by atoms with Crippen LogP contribution in [0.5, 0.6) is 23.0 Å². The summed E-state index contributed by atoms with van der Waals surface area (Å²) in [6.07, 6.45) is 2.03. The molecule has 6 nitrogen and oxygen atoms in total. The van der Waals surface area contributed by atoms with Crippen LogP contribution < -0.4 is 18.9 Å². The molecule has 0 radical (unpaired) electrons. The Morgan fingerprint density at radius 3 is 2.70 bits per heavy atom. The Labute approximate surface area is 178 Å². The van der Waals surface area contributed by atoms with Crippen LogP contribution in [-0.4, -0.2) is 31.8 Å². The highest BCUT2D eigenvalue weighted by molar-refractivity contribution is 7.10. The quantitative estimate of drug-likeness (QED) is 0.561. The number of thiazole rings is 1. The zero-order chi connectivity index (χ0) is 20.7. The van der Waals surface area contributed by atoms with Gasteiger partial charge < -0.3 is 18.9 Å². The molecular formula is C23H21NO5S. The molecule has 2 aromatic carbocycles. The van der Waals surface area contributed by atoms with Crippen LogP contribution in [-0.2, 0) is 16.6 Å². The number of fused-ring (bicyclic) bond motifs is 1. The highest BCUT2D eigenvalue weighted by atomic mass is 32.1. The van der Waals surface area contributed by atoms with E-state index in [0.29, 0.717) is 12.2 Å². The first-order valence-corrected chi connectivity index (χ1v) is 10.6. The number of Topliss-reactive ketones (excluding diaryl/α,β-unsaturated/α-hetero) is 1. The molecule has 2 aliphatic rings. The minimum Gasteiger partial charge on any atom is -0.497 e. The van der Waals surface area contributed by atoms with Gasteiger partial charge in [0.1, 0.15) is 22.3 Å². The topological polar surface area (TPSA) is 66.9 Å². The summed E-state index contributed by atoms with van der Waals surface area (Å²) in [6.45, 7) is 0.233. The molecule has 3 aromatic rings. The standard InChI is InChI=1S/C23H21NO5S/c1-26-15-4-5-16(19(10-15)27-2)17-12-30-22(24-17)11-21(25)23(7-8-23)14-3-6-18-20(9-14)29-13-28-18/h3-6,9-10,12H,7-8,11,13H2,1-2H3. The summed E-state index contributed by atoms with van der Waals surface area (Å²) in [6, 6.07) is 11.5. The average molecular weight is 423 g/mol. The summed E-state index contributed by atoms with van der Waals surface area (Å²) in [5, 5.41) is 2.77.